The summed E-state index contributed by atoms with van der Waals surface area (Å²) in [5.74, 6) is -0.812. The van der Waals surface area contributed by atoms with Gasteiger partial charge in [-0.25, -0.2) is 9.37 Å². The molecule has 46 heavy (non-hydrogen) atoms. The fourth-order valence-electron chi connectivity index (χ4n) is 5.29. The quantitative estimate of drug-likeness (QED) is 0.0549. The lowest BCUT2D eigenvalue weighted by molar-refractivity contribution is -0.132. The maximum absolute atomic E-state index is 13.8. The molecule has 1 atom stereocenters. The van der Waals surface area contributed by atoms with Crippen LogP contribution in [0.3, 0.4) is 0 Å². The van der Waals surface area contributed by atoms with Crippen molar-refractivity contribution in [2.24, 2.45) is 5.92 Å². The number of rotatable bonds is 10. The third kappa shape index (κ3) is 6.14. The van der Waals surface area contributed by atoms with Crippen molar-refractivity contribution in [1.29, 1.82) is 0 Å². The van der Waals surface area contributed by atoms with Crippen molar-refractivity contribution in [1.82, 2.24) is 19.6 Å². The second kappa shape index (κ2) is 13.1. The Morgan fingerprint density at radius 3 is 2.61 bits per heavy atom. The molecule has 3 aromatic heterocycles. The highest BCUT2D eigenvalue weighted by Crippen LogP contribution is 2.45. The molecule has 1 amide bonds. The largest absolute Gasteiger partial charge is 0.505 e. The minimum Gasteiger partial charge on any atom is -0.505 e. The Labute approximate surface area is 273 Å². The molecule has 1 aliphatic rings. The van der Waals surface area contributed by atoms with E-state index in [1.54, 1.807) is 37.3 Å². The lowest BCUT2D eigenvalue weighted by Crippen LogP contribution is -2.29. The van der Waals surface area contributed by atoms with Gasteiger partial charge in [0.15, 0.2) is 10.1 Å². The number of amides is 1. The van der Waals surface area contributed by atoms with E-state index in [1.807, 2.05) is 35.7 Å². The molecule has 1 N–H and O–H groups in total. The fourth-order valence-corrected chi connectivity index (χ4v) is 7.11. The summed E-state index contributed by atoms with van der Waals surface area (Å²) >= 11 is 2.55. The van der Waals surface area contributed by atoms with E-state index in [0.717, 1.165) is 28.9 Å². The molecule has 9 nitrogen and oxygen atoms in total. The van der Waals surface area contributed by atoms with Crippen LogP contribution in [0.2, 0.25) is 0 Å². The van der Waals surface area contributed by atoms with Gasteiger partial charge in [-0.15, -0.1) is 10.2 Å². The number of ether oxygens (including phenoxy) is 1. The number of aromatic nitrogens is 4. The van der Waals surface area contributed by atoms with Crippen LogP contribution in [0.4, 0.5) is 9.52 Å². The summed E-state index contributed by atoms with van der Waals surface area (Å²) in [6, 6.07) is 16.2. The highest BCUT2D eigenvalue weighted by molar-refractivity contribution is 8.00. The number of aliphatic hydroxyl groups excluding tert-OH is 1. The zero-order valence-corrected chi connectivity index (χ0v) is 27.4. The van der Waals surface area contributed by atoms with E-state index in [-0.39, 0.29) is 28.0 Å². The number of Topliss-reactive ketones (excluding diaryl/α,β-unsaturated/α-hetero) is 1. The van der Waals surface area contributed by atoms with Gasteiger partial charge in [-0.05, 0) is 73.2 Å². The van der Waals surface area contributed by atoms with E-state index < -0.39 is 17.7 Å². The number of halogens is 1. The fraction of sp³-hybridized carbons (Fsp3) is 0.265. The van der Waals surface area contributed by atoms with Gasteiger partial charge in [0.25, 0.3) is 5.78 Å². The van der Waals surface area contributed by atoms with Crippen molar-refractivity contribution in [3.05, 3.63) is 106 Å². The Hall–Kier alpha value is -4.55. The van der Waals surface area contributed by atoms with Crippen LogP contribution in [0.1, 0.15) is 54.4 Å². The number of pyridine rings is 1. The minimum atomic E-state index is -1.01. The number of ketones is 1. The molecular weight excluding hydrogens is 626 g/mol. The molecule has 12 heteroatoms. The van der Waals surface area contributed by atoms with Gasteiger partial charge in [0, 0.05) is 11.9 Å². The average Bonchev–Trinajstić information content (AvgIpc) is 3.71. The van der Waals surface area contributed by atoms with Gasteiger partial charge in [-0.3, -0.25) is 14.5 Å². The van der Waals surface area contributed by atoms with Crippen molar-refractivity contribution >= 4 is 51.3 Å². The first kappa shape index (κ1) is 31.4. The number of fused-ring (bicyclic) bond motifs is 1. The van der Waals surface area contributed by atoms with Crippen LogP contribution >= 0.6 is 23.1 Å². The van der Waals surface area contributed by atoms with Crippen LogP contribution in [0.25, 0.3) is 11.4 Å². The summed E-state index contributed by atoms with van der Waals surface area (Å²) in [4.78, 5) is 33.5. The topological polar surface area (TPSA) is 110 Å². The van der Waals surface area contributed by atoms with E-state index >= 15 is 0 Å². The molecule has 6 rings (SSSR count). The number of anilines is 1. The number of aliphatic hydroxyl groups is 1. The van der Waals surface area contributed by atoms with Crippen LogP contribution in [0.5, 0.6) is 5.75 Å². The first-order valence-electron chi connectivity index (χ1n) is 14.8. The van der Waals surface area contributed by atoms with E-state index in [2.05, 4.69) is 29.0 Å². The number of hydrogen-bond donors (Lipinski definition) is 1. The number of hydrogen-bond acceptors (Lipinski definition) is 9. The monoisotopic (exact) mass is 657 g/mol. The number of nitrogens with zero attached hydrogens (tertiary/aromatic N) is 5. The molecule has 0 aliphatic carbocycles. The van der Waals surface area contributed by atoms with Gasteiger partial charge in [0.1, 0.15) is 22.9 Å². The Bertz CT molecular complexity index is 1970. The second-order valence-electron chi connectivity index (χ2n) is 11.5. The molecule has 0 radical (unpaired) electrons. The smallest absolute Gasteiger partial charge is 0.301 e. The standard InChI is InChI=1S/C34H32FN5O4S2/c1-19(2)14-16-44-25-9-5-8-23(17-25)28-26(29(41)27-21(4)39-15-6-7-20(3)31(39)36-27)30(42)32(43)40(28)33-37-38-34(46-33)45-18-22-10-12-24(35)13-11-22/h5-13,15,17,19,28,41H,14,16,18H2,1-4H3/b29-26+. The molecule has 1 unspecified atom stereocenters. The first-order valence-corrected chi connectivity index (χ1v) is 16.6. The average molecular weight is 658 g/mol. The summed E-state index contributed by atoms with van der Waals surface area (Å²) in [6.45, 7) is 8.45. The molecule has 1 aliphatic heterocycles. The number of imidazole rings is 1. The summed E-state index contributed by atoms with van der Waals surface area (Å²) in [7, 11) is 0. The normalized spacial score (nSPS) is 16.2. The molecule has 5 aromatic rings. The Morgan fingerprint density at radius 2 is 1.87 bits per heavy atom. The van der Waals surface area contributed by atoms with E-state index in [9.17, 15) is 19.1 Å². The molecular formula is C34H32FN5O4S2. The third-order valence-electron chi connectivity index (χ3n) is 7.77. The van der Waals surface area contributed by atoms with E-state index in [1.165, 1.54) is 28.8 Å². The van der Waals surface area contributed by atoms with Crippen LogP contribution in [-0.4, -0.2) is 43.0 Å². The number of carbonyl (C=O) groups is 2. The second-order valence-corrected chi connectivity index (χ2v) is 13.6. The van der Waals surface area contributed by atoms with Gasteiger partial charge in [-0.2, -0.15) is 0 Å². The predicted molar refractivity (Wildman–Crippen MR) is 177 cm³/mol. The van der Waals surface area contributed by atoms with Crippen molar-refractivity contribution < 1.29 is 23.8 Å². The number of carbonyl (C=O) groups excluding carboxylic acids is 2. The van der Waals surface area contributed by atoms with Gasteiger partial charge in [0.2, 0.25) is 5.13 Å². The molecule has 0 saturated carbocycles. The van der Waals surface area contributed by atoms with Gasteiger partial charge in [0.05, 0.1) is 23.9 Å². The van der Waals surface area contributed by atoms with E-state index in [0.29, 0.717) is 45.3 Å². The van der Waals surface area contributed by atoms with Crippen molar-refractivity contribution in [2.45, 2.75) is 50.3 Å². The van der Waals surface area contributed by atoms with Gasteiger partial charge >= 0.3 is 5.91 Å². The predicted octanol–water partition coefficient (Wildman–Crippen LogP) is 7.29. The summed E-state index contributed by atoms with van der Waals surface area (Å²) in [6.07, 6.45) is 2.69. The Kier molecular flexibility index (Phi) is 8.92. The lowest BCUT2D eigenvalue weighted by atomic mass is 9.96. The van der Waals surface area contributed by atoms with Crippen LogP contribution in [0.15, 0.2) is 76.8 Å². The Balaban J connectivity index is 1.42. The SMILES string of the molecule is Cc1cccn2c(C)c(/C(O)=C3\C(=O)C(=O)N(c4nnc(SCc5ccc(F)cc5)s4)C3c3cccc(OCCC(C)C)c3)nc12. The summed E-state index contributed by atoms with van der Waals surface area (Å²) in [5, 5.41) is 20.6. The number of benzene rings is 2. The molecule has 236 valence electrons. The third-order valence-corrected chi connectivity index (χ3v) is 9.89. The summed E-state index contributed by atoms with van der Waals surface area (Å²) < 4.78 is 21.8. The van der Waals surface area contributed by atoms with Crippen molar-refractivity contribution in [2.75, 3.05) is 11.5 Å². The molecule has 0 bridgehead atoms. The van der Waals surface area contributed by atoms with Crippen molar-refractivity contribution in [3.63, 3.8) is 0 Å². The molecule has 1 fully saturated rings. The summed E-state index contributed by atoms with van der Waals surface area (Å²) in [5.41, 5.74) is 3.75. The molecule has 2 aromatic carbocycles. The molecule has 4 heterocycles. The van der Waals surface area contributed by atoms with E-state index in [4.69, 9.17) is 4.74 Å². The highest BCUT2D eigenvalue weighted by Gasteiger charge is 2.49. The minimum absolute atomic E-state index is 0.0933. The zero-order chi connectivity index (χ0) is 32.5. The molecule has 1 saturated heterocycles. The maximum Gasteiger partial charge on any atom is 0.301 e. The van der Waals surface area contributed by atoms with Crippen LogP contribution < -0.4 is 9.64 Å². The van der Waals surface area contributed by atoms with Crippen molar-refractivity contribution in [3.8, 4) is 5.75 Å². The maximum atomic E-state index is 13.8. The van der Waals surface area contributed by atoms with Gasteiger partial charge < -0.3 is 14.2 Å². The van der Waals surface area contributed by atoms with Crippen LogP contribution in [-0.2, 0) is 15.3 Å². The Morgan fingerprint density at radius 1 is 1.09 bits per heavy atom. The van der Waals surface area contributed by atoms with Crippen LogP contribution in [0, 0.1) is 25.6 Å². The lowest BCUT2D eigenvalue weighted by Gasteiger charge is -2.23. The molecule has 0 spiro atoms. The zero-order valence-electron chi connectivity index (χ0n) is 25.7. The van der Waals surface area contributed by atoms with Gasteiger partial charge in [-0.1, -0.05) is 67.3 Å². The number of aryl methyl sites for hydroxylation is 2. The number of thioether (sulfide) groups is 1. The first-order chi connectivity index (χ1) is 22.1. The highest BCUT2D eigenvalue weighted by atomic mass is 32.2.